The van der Waals surface area contributed by atoms with Crippen LogP contribution in [0, 0.1) is 35.2 Å². The summed E-state index contributed by atoms with van der Waals surface area (Å²) in [4.78, 5) is 17.1. The van der Waals surface area contributed by atoms with Crippen LogP contribution in [0.15, 0.2) is 66.5 Å². The minimum absolute atomic E-state index is 0. The monoisotopic (exact) mass is 906 g/mol. The van der Waals surface area contributed by atoms with Crippen molar-refractivity contribution in [1.29, 1.82) is 0 Å². The quantitative estimate of drug-likeness (QED) is 0.0644. The molecule has 6 rings (SSSR count). The van der Waals surface area contributed by atoms with E-state index in [9.17, 15) is 9.90 Å². The summed E-state index contributed by atoms with van der Waals surface area (Å²) in [7, 11) is 0. The zero-order chi connectivity index (χ0) is 39.7. The minimum Gasteiger partial charge on any atom is -0.512 e. The van der Waals surface area contributed by atoms with Crippen molar-refractivity contribution in [3.05, 3.63) is 89.3 Å². The van der Waals surface area contributed by atoms with Crippen molar-refractivity contribution >= 4 is 38.1 Å². The predicted octanol–water partition coefficient (Wildman–Crippen LogP) is 14.2. The molecule has 1 aromatic heterocycles. The average Bonchev–Trinajstić information content (AvgIpc) is 3.09. The Morgan fingerprint density at radius 3 is 2.11 bits per heavy atom. The number of ketones is 1. The van der Waals surface area contributed by atoms with Crippen molar-refractivity contribution < 1.29 is 36.1 Å². The number of aromatic nitrogens is 1. The van der Waals surface area contributed by atoms with Crippen molar-refractivity contribution in [3.63, 3.8) is 0 Å². The van der Waals surface area contributed by atoms with Gasteiger partial charge in [0, 0.05) is 54.8 Å². The number of fused-ring (bicyclic) bond motifs is 5. The number of ether oxygens (including phenoxy) is 1. The summed E-state index contributed by atoms with van der Waals surface area (Å²) in [5, 5.41) is 16.6. The number of carbonyl (C=O) groups excluding carboxylic acids is 1. The van der Waals surface area contributed by atoms with E-state index in [1.165, 1.54) is 33.5 Å². The van der Waals surface area contributed by atoms with E-state index in [0.717, 1.165) is 89.2 Å². The number of hydrogen-bond donors (Lipinski definition) is 1. The number of aryl methyl sites for hydroxylation is 1. The number of aliphatic hydroxyl groups is 1. The standard InChI is InChI=1S/C34H34NO.C15H28O2.Ir/c1-20-11-12-23-22(15-20)16-27-31-30-25(13-14-35-31)24-10-8-9-21(18-33(2,3)4)26(24)17-29(30)36-32(27)28(23)19-34(5,6)7;1-6-12(7-2)13(16)11-14(17)15(8-3,9-4)10-5;/h8-15,17H,18-19H2,1-7H3;11-12,16H,6-10H2,1-5H3;/q-1;;/b;13-11-;/i14D;;. The Labute approximate surface area is 340 Å². The number of nitrogens with zero attached hydrogens (tertiary/aromatic N) is 1. The second-order valence-electron chi connectivity index (χ2n) is 17.6. The molecule has 0 saturated heterocycles. The number of allylic oxidation sites excluding steroid dienone is 2. The Kier molecular flexibility index (Phi) is 13.2. The summed E-state index contributed by atoms with van der Waals surface area (Å²) in [5.74, 6) is 2.15. The van der Waals surface area contributed by atoms with E-state index < -0.39 is 0 Å². The van der Waals surface area contributed by atoms with Crippen LogP contribution in [0.4, 0.5) is 0 Å². The second-order valence-corrected chi connectivity index (χ2v) is 17.6. The molecule has 1 radical (unpaired) electrons. The Hall–Kier alpha value is -3.53. The first-order chi connectivity index (χ1) is 25.4. The van der Waals surface area contributed by atoms with Gasteiger partial charge in [-0.2, -0.15) is 0 Å². The zero-order valence-electron chi connectivity index (χ0n) is 35.8. The SMILES string of the molecule is CCC(CC)/C(O)=C/C(=O)C(CC)(CC)CC.[2H]c1cc2c3c(cc4c(CC(C)(C)C)cccc42)Oc2c([c-]c4cc(C)ccc4c2CC(C)(C)C)-c3n1.[Ir]. The topological polar surface area (TPSA) is 59.4 Å². The summed E-state index contributed by atoms with van der Waals surface area (Å²) < 4.78 is 15.5. The van der Waals surface area contributed by atoms with Crippen LogP contribution < -0.4 is 4.74 Å². The molecule has 0 bridgehead atoms. The molecule has 0 spiro atoms. The molecule has 0 amide bonds. The summed E-state index contributed by atoms with van der Waals surface area (Å²) in [5.41, 5.74) is 5.32. The first kappa shape index (κ1) is 41.6. The molecular weight excluding hydrogens is 843 g/mol. The smallest absolute Gasteiger partial charge is 0.165 e. The van der Waals surface area contributed by atoms with Crippen LogP contribution in [-0.2, 0) is 37.7 Å². The van der Waals surface area contributed by atoms with E-state index in [1.54, 1.807) is 0 Å². The Morgan fingerprint density at radius 1 is 0.870 bits per heavy atom. The van der Waals surface area contributed by atoms with Crippen molar-refractivity contribution in [2.45, 2.75) is 128 Å². The van der Waals surface area contributed by atoms with Crippen LogP contribution in [0.25, 0.3) is 43.6 Å². The van der Waals surface area contributed by atoms with Gasteiger partial charge in [0.05, 0.1) is 12.9 Å². The molecular formula is C49H62IrNO3-. The molecule has 0 fully saturated rings. The maximum atomic E-state index is 12.3. The summed E-state index contributed by atoms with van der Waals surface area (Å²) in [6, 6.07) is 20.8. The first-order valence-electron chi connectivity index (χ1n) is 20.4. The van der Waals surface area contributed by atoms with Gasteiger partial charge in [-0.25, -0.2) is 0 Å². The molecule has 1 aliphatic heterocycles. The molecule has 291 valence electrons. The third-order valence-corrected chi connectivity index (χ3v) is 11.3. The molecule has 0 aliphatic carbocycles. The molecule has 0 saturated carbocycles. The van der Waals surface area contributed by atoms with E-state index in [-0.39, 0.29) is 60.0 Å². The summed E-state index contributed by atoms with van der Waals surface area (Å²) >= 11 is 0. The average molecular weight is 906 g/mol. The van der Waals surface area contributed by atoms with Gasteiger partial charge in [-0.05, 0) is 96.6 Å². The summed E-state index contributed by atoms with van der Waals surface area (Å²) in [6.45, 7) is 25.9. The fourth-order valence-electron chi connectivity index (χ4n) is 8.06. The number of aliphatic hydroxyl groups excluding tert-OH is 1. The molecule has 54 heavy (non-hydrogen) atoms. The largest absolute Gasteiger partial charge is 0.512 e. The van der Waals surface area contributed by atoms with Gasteiger partial charge >= 0.3 is 0 Å². The van der Waals surface area contributed by atoms with Gasteiger partial charge < -0.3 is 9.84 Å². The third-order valence-electron chi connectivity index (χ3n) is 11.3. The van der Waals surface area contributed by atoms with Crippen LogP contribution >= 0.6 is 0 Å². The van der Waals surface area contributed by atoms with Gasteiger partial charge in [0.25, 0.3) is 0 Å². The Morgan fingerprint density at radius 2 is 1.52 bits per heavy atom. The van der Waals surface area contributed by atoms with Crippen molar-refractivity contribution in [1.82, 2.24) is 4.98 Å². The molecule has 5 heteroatoms. The number of carbonyl (C=O) groups is 1. The first-order valence-corrected chi connectivity index (χ1v) is 19.9. The van der Waals surface area contributed by atoms with Gasteiger partial charge in [-0.15, -0.1) is 17.5 Å². The maximum Gasteiger partial charge on any atom is 0.165 e. The Balaban J connectivity index is 0.000000320. The number of hydrogen-bond acceptors (Lipinski definition) is 4. The number of pyridine rings is 1. The van der Waals surface area contributed by atoms with Crippen LogP contribution in [0.2, 0.25) is 0 Å². The number of benzene rings is 4. The molecule has 4 aromatic carbocycles. The van der Waals surface area contributed by atoms with Crippen molar-refractivity contribution in [2.75, 3.05) is 0 Å². The van der Waals surface area contributed by atoms with Crippen molar-refractivity contribution in [3.8, 4) is 22.8 Å². The molecule has 4 nitrogen and oxygen atoms in total. The Bertz CT molecular complexity index is 2210. The van der Waals surface area contributed by atoms with E-state index in [1.807, 2.05) is 40.7 Å². The maximum absolute atomic E-state index is 12.3. The number of rotatable bonds is 10. The van der Waals surface area contributed by atoms with Gasteiger partial charge in [-0.3, -0.25) is 9.78 Å². The van der Waals surface area contributed by atoms with Gasteiger partial charge in [-0.1, -0.05) is 129 Å². The van der Waals surface area contributed by atoms with Crippen LogP contribution in [0.1, 0.15) is 126 Å². The van der Waals surface area contributed by atoms with Crippen LogP contribution in [-0.4, -0.2) is 15.9 Å². The molecule has 0 atom stereocenters. The predicted molar refractivity (Wildman–Crippen MR) is 225 cm³/mol. The van der Waals surface area contributed by atoms with Gasteiger partial charge in [0.15, 0.2) is 5.78 Å². The minimum atomic E-state index is -0.278. The van der Waals surface area contributed by atoms with E-state index in [2.05, 4.69) is 97.0 Å². The van der Waals surface area contributed by atoms with Gasteiger partial charge in [0.2, 0.25) is 0 Å². The molecule has 2 heterocycles. The molecule has 1 N–H and O–H groups in total. The molecule has 0 unspecified atom stereocenters. The molecule has 5 aromatic rings. The third kappa shape index (κ3) is 8.95. The fourth-order valence-corrected chi connectivity index (χ4v) is 8.06. The fraction of sp³-hybridized carbons (Fsp3) is 0.469. The van der Waals surface area contributed by atoms with Gasteiger partial charge in [0.1, 0.15) is 5.75 Å². The second kappa shape index (κ2) is 17.1. The van der Waals surface area contributed by atoms with Crippen LogP contribution in [0.5, 0.6) is 11.5 Å². The van der Waals surface area contributed by atoms with E-state index in [4.69, 9.17) is 11.1 Å². The van der Waals surface area contributed by atoms with E-state index in [0.29, 0.717) is 0 Å². The molecule has 1 aliphatic rings. The normalized spacial score (nSPS) is 13.3. The zero-order valence-corrected chi connectivity index (χ0v) is 37.2. The van der Waals surface area contributed by atoms with Crippen molar-refractivity contribution in [2.24, 2.45) is 22.2 Å². The summed E-state index contributed by atoms with van der Waals surface area (Å²) in [6.07, 6.45) is 7.85. The van der Waals surface area contributed by atoms with Crippen LogP contribution in [0.3, 0.4) is 0 Å². The van der Waals surface area contributed by atoms with E-state index >= 15 is 0 Å².